The van der Waals surface area contributed by atoms with Gasteiger partial charge in [0.25, 0.3) is 0 Å². The molecule has 0 amide bonds. The first-order valence-corrected chi connectivity index (χ1v) is 4.28. The van der Waals surface area contributed by atoms with E-state index >= 15 is 0 Å². The standard InChI is InChI=1S/C9H11S/c1-3-5-9-8(4-2)6-7-10-9/h3,5-7H,1,4H2,2H3/b5-3+. The van der Waals surface area contributed by atoms with Gasteiger partial charge in [0.15, 0.2) is 0 Å². The molecule has 1 heterocycles. The largest absolute Gasteiger partial charge is 0.144 e. The van der Waals surface area contributed by atoms with E-state index in [1.54, 1.807) is 11.3 Å². The first kappa shape index (κ1) is 7.55. The second-order valence-electron chi connectivity index (χ2n) is 2.07. The van der Waals surface area contributed by atoms with Crippen LogP contribution in [0.25, 0.3) is 6.08 Å². The normalized spacial score (nSPS) is 11.0. The minimum atomic E-state index is 1.11. The van der Waals surface area contributed by atoms with Gasteiger partial charge in [-0.05, 0) is 36.4 Å². The van der Waals surface area contributed by atoms with Crippen molar-refractivity contribution in [2.24, 2.45) is 0 Å². The van der Waals surface area contributed by atoms with Crippen molar-refractivity contribution in [1.29, 1.82) is 0 Å². The van der Waals surface area contributed by atoms with Crippen LogP contribution in [0.3, 0.4) is 0 Å². The predicted molar refractivity (Wildman–Crippen MR) is 48.1 cm³/mol. The molecule has 0 bridgehead atoms. The molecule has 0 N–H and O–H groups in total. The highest BCUT2D eigenvalue weighted by Gasteiger charge is 1.95. The van der Waals surface area contributed by atoms with Gasteiger partial charge in [-0.3, -0.25) is 0 Å². The zero-order chi connectivity index (χ0) is 7.40. The minimum absolute atomic E-state index is 1.11. The van der Waals surface area contributed by atoms with Crippen LogP contribution >= 0.6 is 11.3 Å². The molecule has 53 valence electrons. The van der Waals surface area contributed by atoms with Gasteiger partial charge in [-0.25, -0.2) is 0 Å². The van der Waals surface area contributed by atoms with Gasteiger partial charge in [0.05, 0.1) is 0 Å². The van der Waals surface area contributed by atoms with Crippen molar-refractivity contribution in [2.45, 2.75) is 13.3 Å². The fourth-order valence-corrected chi connectivity index (χ4v) is 1.81. The Labute approximate surface area is 66.2 Å². The summed E-state index contributed by atoms with van der Waals surface area (Å²) in [7, 11) is 0. The Kier molecular flexibility index (Phi) is 2.69. The summed E-state index contributed by atoms with van der Waals surface area (Å²) in [5.41, 5.74) is 1.42. The van der Waals surface area contributed by atoms with Crippen LogP contribution in [-0.4, -0.2) is 0 Å². The van der Waals surface area contributed by atoms with E-state index in [-0.39, 0.29) is 0 Å². The lowest BCUT2D eigenvalue weighted by molar-refractivity contribution is 1.15. The van der Waals surface area contributed by atoms with Crippen LogP contribution in [0.4, 0.5) is 0 Å². The van der Waals surface area contributed by atoms with Crippen LogP contribution in [0, 0.1) is 6.92 Å². The molecule has 0 fully saturated rings. The van der Waals surface area contributed by atoms with Gasteiger partial charge >= 0.3 is 0 Å². The molecule has 0 aliphatic heterocycles. The average molecular weight is 151 g/mol. The van der Waals surface area contributed by atoms with E-state index in [0.717, 1.165) is 6.42 Å². The number of rotatable bonds is 2. The summed E-state index contributed by atoms with van der Waals surface area (Å²) in [5, 5.41) is 2.12. The van der Waals surface area contributed by atoms with Crippen LogP contribution in [0.2, 0.25) is 0 Å². The van der Waals surface area contributed by atoms with Crippen LogP contribution in [0.1, 0.15) is 17.4 Å². The van der Waals surface area contributed by atoms with Crippen LogP contribution in [0.5, 0.6) is 0 Å². The van der Waals surface area contributed by atoms with E-state index in [4.69, 9.17) is 0 Å². The lowest BCUT2D eigenvalue weighted by Crippen LogP contribution is -1.75. The molecule has 1 rings (SSSR count). The first-order chi connectivity index (χ1) is 4.88. The van der Waals surface area contributed by atoms with Gasteiger partial charge in [0.2, 0.25) is 0 Å². The Balaban J connectivity index is 2.90. The summed E-state index contributed by atoms with van der Waals surface area (Å²) in [6.45, 7) is 5.83. The molecule has 0 unspecified atom stereocenters. The maximum atomic E-state index is 3.66. The Bertz CT molecular complexity index is 220. The molecule has 0 spiro atoms. The van der Waals surface area contributed by atoms with Crippen molar-refractivity contribution in [1.82, 2.24) is 0 Å². The lowest BCUT2D eigenvalue weighted by Gasteiger charge is -1.90. The number of hydrogen-bond donors (Lipinski definition) is 0. The maximum Gasteiger partial charge on any atom is 0.0299 e. The van der Waals surface area contributed by atoms with Crippen molar-refractivity contribution in [3.63, 3.8) is 0 Å². The summed E-state index contributed by atoms with van der Waals surface area (Å²) in [6, 6.07) is 2.17. The van der Waals surface area contributed by atoms with Gasteiger partial charge in [0, 0.05) is 4.88 Å². The number of hydrogen-bond acceptors (Lipinski definition) is 1. The monoisotopic (exact) mass is 151 g/mol. The van der Waals surface area contributed by atoms with E-state index in [9.17, 15) is 0 Å². The molecule has 0 aromatic carbocycles. The van der Waals surface area contributed by atoms with Gasteiger partial charge in [-0.15, -0.1) is 11.3 Å². The Morgan fingerprint density at radius 3 is 3.10 bits per heavy atom. The molecule has 0 saturated heterocycles. The summed E-state index contributed by atoms with van der Waals surface area (Å²) in [5.74, 6) is 0. The van der Waals surface area contributed by atoms with Crippen LogP contribution in [-0.2, 0) is 6.42 Å². The highest BCUT2D eigenvalue weighted by molar-refractivity contribution is 7.11. The quantitative estimate of drug-likeness (QED) is 0.609. The van der Waals surface area contributed by atoms with Gasteiger partial charge in [-0.1, -0.05) is 13.0 Å². The Morgan fingerprint density at radius 2 is 2.50 bits per heavy atom. The Hall–Kier alpha value is -0.560. The van der Waals surface area contributed by atoms with Crippen molar-refractivity contribution in [3.8, 4) is 0 Å². The molecule has 1 radical (unpaired) electrons. The third-order valence-electron chi connectivity index (χ3n) is 1.43. The predicted octanol–water partition coefficient (Wildman–Crippen LogP) is 3.16. The molecular weight excluding hydrogens is 140 g/mol. The van der Waals surface area contributed by atoms with E-state index in [1.807, 2.05) is 6.08 Å². The highest BCUT2D eigenvalue weighted by Crippen LogP contribution is 2.18. The van der Waals surface area contributed by atoms with Crippen molar-refractivity contribution < 1.29 is 0 Å². The van der Waals surface area contributed by atoms with E-state index in [1.165, 1.54) is 10.4 Å². The fourth-order valence-electron chi connectivity index (χ4n) is 0.893. The zero-order valence-corrected chi connectivity index (χ0v) is 6.95. The molecule has 1 aromatic rings. The number of allylic oxidation sites excluding steroid dienone is 1. The maximum absolute atomic E-state index is 3.66. The Morgan fingerprint density at radius 1 is 1.70 bits per heavy atom. The molecule has 0 aliphatic rings. The number of aryl methyl sites for hydroxylation is 1. The van der Waals surface area contributed by atoms with E-state index in [0.29, 0.717) is 0 Å². The zero-order valence-electron chi connectivity index (χ0n) is 6.13. The number of thiophene rings is 1. The van der Waals surface area contributed by atoms with Crippen LogP contribution < -0.4 is 0 Å². The van der Waals surface area contributed by atoms with E-state index in [2.05, 4.69) is 31.4 Å². The van der Waals surface area contributed by atoms with Crippen molar-refractivity contribution in [2.75, 3.05) is 0 Å². The smallest absolute Gasteiger partial charge is 0.0299 e. The summed E-state index contributed by atoms with van der Waals surface area (Å²) in [6.07, 6.45) is 5.01. The van der Waals surface area contributed by atoms with Gasteiger partial charge < -0.3 is 0 Å². The topological polar surface area (TPSA) is 0 Å². The third kappa shape index (κ3) is 1.48. The molecule has 1 aromatic heterocycles. The fraction of sp³-hybridized carbons (Fsp3) is 0.222. The van der Waals surface area contributed by atoms with Crippen LogP contribution in [0.15, 0.2) is 17.5 Å². The summed E-state index contributed by atoms with van der Waals surface area (Å²) < 4.78 is 0. The van der Waals surface area contributed by atoms with Gasteiger partial charge in [0.1, 0.15) is 0 Å². The molecule has 10 heavy (non-hydrogen) atoms. The van der Waals surface area contributed by atoms with Crippen molar-refractivity contribution in [3.05, 3.63) is 34.9 Å². The second-order valence-corrected chi connectivity index (χ2v) is 3.01. The first-order valence-electron chi connectivity index (χ1n) is 3.40. The summed E-state index contributed by atoms with van der Waals surface area (Å²) >= 11 is 1.77. The summed E-state index contributed by atoms with van der Waals surface area (Å²) in [4.78, 5) is 1.34. The molecule has 0 atom stereocenters. The second kappa shape index (κ2) is 3.57. The average Bonchev–Trinajstić information content (AvgIpc) is 2.36. The molecule has 0 saturated carbocycles. The molecule has 0 nitrogen and oxygen atoms in total. The van der Waals surface area contributed by atoms with E-state index < -0.39 is 0 Å². The SMILES string of the molecule is [CH2]/C=C/c1sccc1CC. The highest BCUT2D eigenvalue weighted by atomic mass is 32.1. The third-order valence-corrected chi connectivity index (χ3v) is 2.36. The van der Waals surface area contributed by atoms with Gasteiger partial charge in [-0.2, -0.15) is 0 Å². The molecule has 1 heteroatoms. The molecular formula is C9H11S. The lowest BCUT2D eigenvalue weighted by atomic mass is 10.2. The van der Waals surface area contributed by atoms with Crippen molar-refractivity contribution >= 4 is 17.4 Å². The molecule has 0 aliphatic carbocycles. The minimum Gasteiger partial charge on any atom is -0.144 e.